The molecule has 0 saturated carbocycles. The summed E-state index contributed by atoms with van der Waals surface area (Å²) in [6, 6.07) is 3.48. The average Bonchev–Trinajstić information content (AvgIpc) is 2.94. The molecule has 146 valence electrons. The van der Waals surface area contributed by atoms with Crippen LogP contribution in [0.5, 0.6) is 5.75 Å². The predicted octanol–water partition coefficient (Wildman–Crippen LogP) is 1.65. The van der Waals surface area contributed by atoms with E-state index in [1.807, 2.05) is 0 Å². The SMILES string of the molecule is CC(=O)Oc1cccc2c1C1(O)C[C@@H](C(=O)O)N(C(=O)OC(C)(C)C)C1N2. The van der Waals surface area contributed by atoms with Crippen molar-refractivity contribution in [3.63, 3.8) is 0 Å². The highest BCUT2D eigenvalue weighted by Gasteiger charge is 2.62. The molecule has 0 aliphatic carbocycles. The van der Waals surface area contributed by atoms with Crippen molar-refractivity contribution in [1.82, 2.24) is 4.90 Å². The van der Waals surface area contributed by atoms with Gasteiger partial charge in [-0.3, -0.25) is 9.69 Å². The highest BCUT2D eigenvalue weighted by Crippen LogP contribution is 2.52. The number of rotatable bonds is 2. The Labute approximate surface area is 155 Å². The number of carbonyl (C=O) groups is 3. The quantitative estimate of drug-likeness (QED) is 0.524. The Morgan fingerprint density at radius 2 is 1.96 bits per heavy atom. The van der Waals surface area contributed by atoms with Gasteiger partial charge >= 0.3 is 18.0 Å². The van der Waals surface area contributed by atoms with Crippen LogP contribution >= 0.6 is 0 Å². The van der Waals surface area contributed by atoms with Crippen LogP contribution in [0.3, 0.4) is 0 Å². The molecule has 3 rings (SSSR count). The van der Waals surface area contributed by atoms with Crippen molar-refractivity contribution in [1.29, 1.82) is 0 Å². The second-order valence-corrected chi connectivity index (χ2v) is 7.69. The fourth-order valence-corrected chi connectivity index (χ4v) is 3.58. The standard InChI is InChI=1S/C18H22N2O7/c1-9(21)26-12-7-5-6-10-13(12)18(25)8-11(14(22)23)20(15(18)19-10)16(24)27-17(2,3)4/h5-7,11,15,19,25H,8H2,1-4H3,(H,22,23)/t11-,15?,18?/m0/s1. The summed E-state index contributed by atoms with van der Waals surface area (Å²) < 4.78 is 10.5. The van der Waals surface area contributed by atoms with E-state index >= 15 is 0 Å². The number of esters is 1. The Balaban J connectivity index is 2.05. The van der Waals surface area contributed by atoms with E-state index < -0.39 is 41.4 Å². The van der Waals surface area contributed by atoms with Crippen molar-refractivity contribution in [3.8, 4) is 5.75 Å². The van der Waals surface area contributed by atoms with Crippen molar-refractivity contribution in [3.05, 3.63) is 23.8 Å². The molecule has 2 unspecified atom stereocenters. The van der Waals surface area contributed by atoms with Crippen LogP contribution in [0, 0.1) is 0 Å². The summed E-state index contributed by atoms with van der Waals surface area (Å²) in [4.78, 5) is 36.8. The van der Waals surface area contributed by atoms with Gasteiger partial charge in [0.15, 0.2) is 0 Å². The van der Waals surface area contributed by atoms with Crippen LogP contribution in [0.25, 0.3) is 0 Å². The largest absolute Gasteiger partial charge is 0.480 e. The molecule has 9 heteroatoms. The van der Waals surface area contributed by atoms with E-state index in [0.717, 1.165) is 4.90 Å². The number of amides is 1. The first-order chi connectivity index (χ1) is 12.4. The van der Waals surface area contributed by atoms with Crippen LogP contribution in [-0.4, -0.2) is 51.0 Å². The van der Waals surface area contributed by atoms with Gasteiger partial charge in [0.2, 0.25) is 0 Å². The van der Waals surface area contributed by atoms with E-state index in [9.17, 15) is 24.6 Å². The molecule has 1 aromatic carbocycles. The average molecular weight is 378 g/mol. The summed E-state index contributed by atoms with van der Waals surface area (Å²) in [5.41, 5.74) is -1.88. The van der Waals surface area contributed by atoms with Gasteiger partial charge in [-0.1, -0.05) is 6.07 Å². The molecule has 1 saturated heterocycles. The normalized spacial score (nSPS) is 26.0. The summed E-state index contributed by atoms with van der Waals surface area (Å²) >= 11 is 0. The Morgan fingerprint density at radius 1 is 1.30 bits per heavy atom. The number of carboxylic acid groups (broad SMARTS) is 1. The van der Waals surface area contributed by atoms with E-state index in [4.69, 9.17) is 9.47 Å². The minimum atomic E-state index is -1.75. The molecule has 0 radical (unpaired) electrons. The van der Waals surface area contributed by atoms with Gasteiger partial charge in [-0.25, -0.2) is 9.59 Å². The molecular formula is C18H22N2O7. The van der Waals surface area contributed by atoms with Crippen molar-refractivity contribution < 1.29 is 34.1 Å². The zero-order valence-electron chi connectivity index (χ0n) is 15.5. The van der Waals surface area contributed by atoms with Gasteiger partial charge in [0, 0.05) is 19.0 Å². The maximum atomic E-state index is 12.7. The first-order valence-electron chi connectivity index (χ1n) is 8.49. The summed E-state index contributed by atoms with van der Waals surface area (Å²) in [6.07, 6.45) is -2.20. The maximum absolute atomic E-state index is 12.7. The molecule has 27 heavy (non-hydrogen) atoms. The van der Waals surface area contributed by atoms with Gasteiger partial charge in [0.25, 0.3) is 0 Å². The highest BCUT2D eigenvalue weighted by molar-refractivity contribution is 5.84. The number of hydrogen-bond donors (Lipinski definition) is 3. The molecule has 2 aliphatic heterocycles. The maximum Gasteiger partial charge on any atom is 0.412 e. The Kier molecular flexibility index (Phi) is 4.30. The van der Waals surface area contributed by atoms with Gasteiger partial charge in [-0.05, 0) is 32.9 Å². The number of likely N-dealkylation sites (tertiary alicyclic amines) is 1. The summed E-state index contributed by atoms with van der Waals surface area (Å²) in [6.45, 7) is 6.22. The number of aliphatic carboxylic acids is 1. The van der Waals surface area contributed by atoms with Crippen LogP contribution < -0.4 is 10.1 Å². The van der Waals surface area contributed by atoms with Crippen molar-refractivity contribution >= 4 is 23.7 Å². The Bertz CT molecular complexity index is 816. The van der Waals surface area contributed by atoms with E-state index in [1.165, 1.54) is 13.0 Å². The number of hydrogen-bond acceptors (Lipinski definition) is 7. The number of carboxylic acids is 1. The predicted molar refractivity (Wildman–Crippen MR) is 93.2 cm³/mol. The zero-order valence-corrected chi connectivity index (χ0v) is 15.5. The summed E-state index contributed by atoms with van der Waals surface area (Å²) in [7, 11) is 0. The minimum absolute atomic E-state index is 0.118. The number of aliphatic hydroxyl groups is 1. The lowest BCUT2D eigenvalue weighted by Gasteiger charge is -2.31. The molecule has 2 heterocycles. The number of nitrogens with one attached hydrogen (secondary N) is 1. The van der Waals surface area contributed by atoms with Gasteiger partial charge in [-0.2, -0.15) is 0 Å². The van der Waals surface area contributed by atoms with E-state index in [0.29, 0.717) is 5.69 Å². The molecule has 1 amide bonds. The second-order valence-electron chi connectivity index (χ2n) is 7.69. The Morgan fingerprint density at radius 3 is 2.52 bits per heavy atom. The first kappa shape index (κ1) is 19.0. The molecule has 0 spiro atoms. The van der Waals surface area contributed by atoms with E-state index in [2.05, 4.69) is 5.32 Å². The number of carbonyl (C=O) groups excluding carboxylic acids is 2. The van der Waals surface area contributed by atoms with Crippen LogP contribution in [0.2, 0.25) is 0 Å². The highest BCUT2D eigenvalue weighted by atomic mass is 16.6. The smallest absolute Gasteiger partial charge is 0.412 e. The fourth-order valence-electron chi connectivity index (χ4n) is 3.58. The van der Waals surface area contributed by atoms with Crippen LogP contribution in [0.4, 0.5) is 10.5 Å². The van der Waals surface area contributed by atoms with Crippen LogP contribution in [0.15, 0.2) is 18.2 Å². The summed E-state index contributed by atoms with van der Waals surface area (Å²) in [5.74, 6) is -1.73. The lowest BCUT2D eigenvalue weighted by atomic mass is 9.90. The third kappa shape index (κ3) is 3.18. The molecule has 1 aromatic rings. The number of anilines is 1. The van der Waals surface area contributed by atoms with Crippen molar-refractivity contribution in [2.45, 2.75) is 57.5 Å². The molecule has 3 N–H and O–H groups in total. The molecule has 9 nitrogen and oxygen atoms in total. The number of benzene rings is 1. The van der Waals surface area contributed by atoms with Crippen molar-refractivity contribution in [2.75, 3.05) is 5.32 Å². The Hall–Kier alpha value is -2.81. The van der Waals surface area contributed by atoms with Gasteiger partial charge in [0.1, 0.15) is 29.2 Å². The van der Waals surface area contributed by atoms with Gasteiger partial charge < -0.3 is 25.0 Å². The third-order valence-corrected chi connectivity index (χ3v) is 4.47. The fraction of sp³-hybridized carbons (Fsp3) is 0.500. The van der Waals surface area contributed by atoms with Crippen molar-refractivity contribution in [2.24, 2.45) is 0 Å². The zero-order chi connectivity index (χ0) is 20.1. The molecule has 1 fully saturated rings. The molecule has 0 aromatic heterocycles. The third-order valence-electron chi connectivity index (χ3n) is 4.47. The summed E-state index contributed by atoms with van der Waals surface area (Å²) in [5, 5.41) is 23.9. The van der Waals surface area contributed by atoms with Crippen LogP contribution in [-0.2, 0) is 19.9 Å². The number of ether oxygens (including phenoxy) is 2. The second kappa shape index (κ2) is 6.12. The first-order valence-corrected chi connectivity index (χ1v) is 8.49. The van der Waals surface area contributed by atoms with E-state index in [1.54, 1.807) is 32.9 Å². The molecule has 0 bridgehead atoms. The molecule has 3 atom stereocenters. The number of nitrogens with zero attached hydrogens (tertiary/aromatic N) is 1. The topological polar surface area (TPSA) is 125 Å². The van der Waals surface area contributed by atoms with Crippen LogP contribution in [0.1, 0.15) is 39.7 Å². The lowest BCUT2D eigenvalue weighted by molar-refractivity contribution is -0.142. The monoisotopic (exact) mass is 378 g/mol. The number of fused-ring (bicyclic) bond motifs is 3. The molecule has 2 aliphatic rings. The van der Waals surface area contributed by atoms with Gasteiger partial charge in [-0.15, -0.1) is 0 Å². The van der Waals surface area contributed by atoms with Gasteiger partial charge in [0.05, 0.1) is 5.56 Å². The minimum Gasteiger partial charge on any atom is -0.480 e. The lowest BCUT2D eigenvalue weighted by Crippen LogP contribution is -2.51. The van der Waals surface area contributed by atoms with E-state index in [-0.39, 0.29) is 17.7 Å². The molecular weight excluding hydrogens is 356 g/mol.